The van der Waals surface area contributed by atoms with Gasteiger partial charge in [0.25, 0.3) is 0 Å². The summed E-state index contributed by atoms with van der Waals surface area (Å²) in [5.74, 6) is 1.65. The summed E-state index contributed by atoms with van der Waals surface area (Å²) in [5, 5.41) is 10.8. The molecule has 0 amide bonds. The minimum absolute atomic E-state index is 0.500. The second-order valence-corrected chi connectivity index (χ2v) is 17.6. The SMILES string of the molecule is C=C[C@@H]1C[C@H](/C=C/CC)CC1COCc1cn(CCP(c2ccccc2)c2ccccc2)n[n+]1CCP(c1ccccc1)c1ccccc1. The maximum absolute atomic E-state index is 6.55. The number of hydrogen-bond acceptors (Lipinski definition) is 2. The molecule has 6 heteroatoms. The smallest absolute Gasteiger partial charge is 0.193 e. The second kappa shape index (κ2) is 18.4. The summed E-state index contributed by atoms with van der Waals surface area (Å²) >= 11 is 0. The number of ether oxygens (including phenoxy) is 1. The summed E-state index contributed by atoms with van der Waals surface area (Å²) in [6, 6.07) is 43.9. The molecule has 0 radical (unpaired) electrons. The quantitative estimate of drug-likeness (QED) is 0.0570. The van der Waals surface area contributed by atoms with Gasteiger partial charge in [-0.1, -0.05) is 146 Å². The van der Waals surface area contributed by atoms with Crippen LogP contribution in [0.3, 0.4) is 0 Å². The topological polar surface area (TPSA) is 30.9 Å². The summed E-state index contributed by atoms with van der Waals surface area (Å²) < 4.78 is 10.9. The van der Waals surface area contributed by atoms with E-state index in [4.69, 9.17) is 9.95 Å². The highest BCUT2D eigenvalue weighted by Gasteiger charge is 2.31. The Bertz CT molecular complexity index is 1650. The second-order valence-electron chi connectivity index (χ2n) is 12.9. The van der Waals surface area contributed by atoms with Gasteiger partial charge < -0.3 is 4.74 Å². The molecule has 4 aromatic carbocycles. The van der Waals surface area contributed by atoms with Crippen molar-refractivity contribution in [2.24, 2.45) is 17.8 Å². The molecule has 0 N–H and O–H groups in total. The van der Waals surface area contributed by atoms with Crippen molar-refractivity contribution in [3.8, 4) is 0 Å². The van der Waals surface area contributed by atoms with Gasteiger partial charge in [0, 0.05) is 12.3 Å². The first-order valence-corrected chi connectivity index (χ1v) is 20.9. The van der Waals surface area contributed by atoms with Crippen LogP contribution in [0.4, 0.5) is 0 Å². The Kier molecular flexibility index (Phi) is 13.2. The lowest BCUT2D eigenvalue weighted by molar-refractivity contribution is -0.759. The Hall–Kier alpha value is -3.68. The standard InChI is InChI=1S/C43H50N3OP2/c1-3-5-18-36-31-37(4-2)38(32-36)34-47-35-39-33-45(27-29-48(40-19-10-6-11-20-40)41-21-12-7-13-22-41)44-46(39)28-30-49(42-23-14-8-15-24-42)43-25-16-9-17-26-43/h4-26,33,36-38H,2-3,27-32,34-35H2,1H3/q+1/b18-5+/t36-,37+,38?/m0/s1. The predicted octanol–water partition coefficient (Wildman–Crippen LogP) is 7.75. The fourth-order valence-electron chi connectivity index (χ4n) is 7.00. The van der Waals surface area contributed by atoms with Crippen molar-refractivity contribution < 1.29 is 9.42 Å². The highest BCUT2D eigenvalue weighted by atomic mass is 31.1. The highest BCUT2D eigenvalue weighted by Crippen LogP contribution is 2.38. The van der Waals surface area contributed by atoms with Gasteiger partial charge in [0.05, 0.1) is 11.8 Å². The largest absolute Gasteiger partial charge is 0.372 e. The van der Waals surface area contributed by atoms with Crippen LogP contribution in [0.15, 0.2) is 152 Å². The third-order valence-corrected chi connectivity index (χ3v) is 14.5. The van der Waals surface area contributed by atoms with Crippen LogP contribution in [-0.2, 0) is 24.4 Å². The van der Waals surface area contributed by atoms with Crippen molar-refractivity contribution in [3.05, 3.63) is 158 Å². The van der Waals surface area contributed by atoms with Crippen molar-refractivity contribution in [1.29, 1.82) is 0 Å². The summed E-state index contributed by atoms with van der Waals surface area (Å²) in [6.07, 6.45) is 14.6. The Labute approximate surface area is 296 Å². The Morgan fingerprint density at radius 1 is 0.776 bits per heavy atom. The zero-order chi connectivity index (χ0) is 33.7. The number of allylic oxidation sites excluding steroid dienone is 3. The number of nitrogens with zero attached hydrogens (tertiary/aromatic N) is 3. The van der Waals surface area contributed by atoms with Gasteiger partial charge in [0.15, 0.2) is 11.9 Å². The number of benzene rings is 4. The van der Waals surface area contributed by atoms with E-state index in [9.17, 15) is 0 Å². The van der Waals surface area contributed by atoms with Crippen LogP contribution < -0.4 is 25.9 Å². The van der Waals surface area contributed by atoms with Gasteiger partial charge in [-0.2, -0.15) is 0 Å². The van der Waals surface area contributed by atoms with Gasteiger partial charge in [-0.15, -0.1) is 15.9 Å². The van der Waals surface area contributed by atoms with Crippen LogP contribution in [0.2, 0.25) is 0 Å². The normalized spacial score (nSPS) is 17.7. The molecule has 1 saturated carbocycles. The molecule has 1 fully saturated rings. The van der Waals surface area contributed by atoms with Gasteiger partial charge in [0.2, 0.25) is 0 Å². The van der Waals surface area contributed by atoms with Crippen molar-refractivity contribution >= 4 is 37.1 Å². The van der Waals surface area contributed by atoms with E-state index in [1.165, 1.54) is 34.1 Å². The van der Waals surface area contributed by atoms with Crippen molar-refractivity contribution in [2.45, 2.75) is 45.9 Å². The van der Waals surface area contributed by atoms with Gasteiger partial charge in [-0.05, 0) is 74.1 Å². The maximum atomic E-state index is 6.55. The minimum atomic E-state index is -0.521. The Morgan fingerprint density at radius 2 is 1.31 bits per heavy atom. The molecule has 1 aliphatic rings. The van der Waals surface area contributed by atoms with Crippen LogP contribution in [0.1, 0.15) is 31.9 Å². The van der Waals surface area contributed by atoms with Gasteiger partial charge in [0.1, 0.15) is 19.7 Å². The van der Waals surface area contributed by atoms with Crippen molar-refractivity contribution in [3.63, 3.8) is 0 Å². The first-order valence-electron chi connectivity index (χ1n) is 17.8. The monoisotopic (exact) mass is 686 g/mol. The Balaban J connectivity index is 1.21. The number of rotatable bonds is 17. The molecule has 4 nitrogen and oxygen atoms in total. The predicted molar refractivity (Wildman–Crippen MR) is 209 cm³/mol. The molecule has 0 saturated heterocycles. The lowest BCUT2D eigenvalue weighted by Gasteiger charge is -2.18. The van der Waals surface area contributed by atoms with E-state index >= 15 is 0 Å². The molecule has 1 heterocycles. The fraction of sp³-hybridized carbons (Fsp3) is 0.302. The van der Waals surface area contributed by atoms with E-state index in [0.717, 1.165) is 44.1 Å². The molecule has 0 bridgehead atoms. The summed E-state index contributed by atoms with van der Waals surface area (Å²) in [6.45, 7) is 9.40. The highest BCUT2D eigenvalue weighted by molar-refractivity contribution is 7.73. The first kappa shape index (κ1) is 35.2. The zero-order valence-electron chi connectivity index (χ0n) is 28.8. The number of hydrogen-bond donors (Lipinski definition) is 0. The van der Waals surface area contributed by atoms with Crippen LogP contribution in [0.5, 0.6) is 0 Å². The molecular weight excluding hydrogens is 636 g/mol. The lowest BCUT2D eigenvalue weighted by atomic mass is 9.97. The summed E-state index contributed by atoms with van der Waals surface area (Å²) in [4.78, 5) is 0. The van der Waals surface area contributed by atoms with Crippen molar-refractivity contribution in [2.75, 3.05) is 18.9 Å². The van der Waals surface area contributed by atoms with Crippen LogP contribution in [-0.4, -0.2) is 28.8 Å². The van der Waals surface area contributed by atoms with Crippen molar-refractivity contribution in [1.82, 2.24) is 9.90 Å². The van der Waals surface area contributed by atoms with E-state index in [2.05, 4.69) is 169 Å². The molecule has 0 aliphatic heterocycles. The molecule has 3 atom stereocenters. The first-order chi connectivity index (χ1) is 24.2. The third-order valence-electron chi connectivity index (χ3n) is 9.53. The minimum Gasteiger partial charge on any atom is -0.372 e. The van der Waals surface area contributed by atoms with E-state index < -0.39 is 15.8 Å². The van der Waals surface area contributed by atoms with Gasteiger partial charge >= 0.3 is 0 Å². The average Bonchev–Trinajstić information content (AvgIpc) is 3.75. The fourth-order valence-corrected chi connectivity index (χ4v) is 11.5. The molecular formula is C43H50N3OP2+. The number of aryl methyl sites for hydroxylation is 2. The molecule has 1 unspecified atom stereocenters. The van der Waals surface area contributed by atoms with E-state index in [1.807, 2.05) is 0 Å². The van der Waals surface area contributed by atoms with E-state index in [-0.39, 0.29) is 0 Å². The molecule has 5 aromatic rings. The Morgan fingerprint density at radius 3 is 1.82 bits per heavy atom. The molecule has 1 aromatic heterocycles. The molecule has 1 aliphatic carbocycles. The zero-order valence-corrected chi connectivity index (χ0v) is 30.6. The molecule has 49 heavy (non-hydrogen) atoms. The third kappa shape index (κ3) is 9.73. The molecule has 6 rings (SSSR count). The summed E-state index contributed by atoms with van der Waals surface area (Å²) in [7, 11) is -1.02. The average molecular weight is 687 g/mol. The van der Waals surface area contributed by atoms with Crippen LogP contribution in [0, 0.1) is 17.8 Å². The van der Waals surface area contributed by atoms with Crippen LogP contribution in [0.25, 0.3) is 0 Å². The lowest BCUT2D eigenvalue weighted by Crippen LogP contribution is -2.42. The van der Waals surface area contributed by atoms with Gasteiger partial charge in [-0.3, -0.25) is 0 Å². The molecule has 252 valence electrons. The molecule has 0 spiro atoms. The van der Waals surface area contributed by atoms with Crippen LogP contribution >= 0.6 is 15.8 Å². The van der Waals surface area contributed by atoms with Gasteiger partial charge in [-0.25, -0.2) is 0 Å². The maximum Gasteiger partial charge on any atom is 0.193 e. The van der Waals surface area contributed by atoms with E-state index in [0.29, 0.717) is 24.4 Å². The van der Waals surface area contributed by atoms with E-state index in [1.54, 1.807) is 0 Å². The number of aromatic nitrogens is 3. The summed E-state index contributed by atoms with van der Waals surface area (Å²) in [5.41, 5.74) is 1.15.